The smallest absolute Gasteiger partial charge is 0.183 e. The van der Waals surface area contributed by atoms with E-state index < -0.39 is 0 Å². The lowest BCUT2D eigenvalue weighted by atomic mass is 10.2. The van der Waals surface area contributed by atoms with Gasteiger partial charge in [0.25, 0.3) is 0 Å². The first-order chi connectivity index (χ1) is 9.78. The van der Waals surface area contributed by atoms with Crippen molar-refractivity contribution in [3.8, 4) is 6.07 Å². The Morgan fingerprint density at radius 1 is 1.15 bits per heavy atom. The maximum atomic E-state index is 9.03. The first-order valence-electron chi connectivity index (χ1n) is 5.80. The van der Waals surface area contributed by atoms with Crippen LogP contribution in [0.5, 0.6) is 0 Å². The topological polar surface area (TPSA) is 74.5 Å². The second-order valence-electron chi connectivity index (χ2n) is 4.02. The van der Waals surface area contributed by atoms with E-state index >= 15 is 0 Å². The van der Waals surface area contributed by atoms with Crippen molar-refractivity contribution in [2.24, 2.45) is 0 Å². The molecule has 0 aliphatic carbocycles. The largest absolute Gasteiger partial charge is 0.336 e. The predicted molar refractivity (Wildman–Crippen MR) is 79.5 cm³/mol. The maximum absolute atomic E-state index is 9.03. The average Bonchev–Trinajstić information content (AvgIpc) is 2.47. The Balaban J connectivity index is 2.10. The number of benzene rings is 1. The van der Waals surface area contributed by atoms with Crippen molar-refractivity contribution in [2.75, 3.05) is 5.32 Å². The van der Waals surface area contributed by atoms with Crippen molar-refractivity contribution >= 4 is 38.3 Å². The van der Waals surface area contributed by atoms with Crippen LogP contribution in [-0.2, 0) is 0 Å². The van der Waals surface area contributed by atoms with Crippen LogP contribution in [-0.4, -0.2) is 15.0 Å². The average molecular weight is 326 g/mol. The number of pyridine rings is 1. The fourth-order valence-electron chi connectivity index (χ4n) is 1.87. The summed E-state index contributed by atoms with van der Waals surface area (Å²) in [6.45, 7) is 0. The number of para-hydroxylation sites is 1. The molecule has 20 heavy (non-hydrogen) atoms. The Kier molecular flexibility index (Phi) is 3.27. The highest BCUT2D eigenvalue weighted by Crippen LogP contribution is 2.26. The molecule has 0 spiro atoms. The molecule has 0 bridgehead atoms. The van der Waals surface area contributed by atoms with Crippen LogP contribution < -0.4 is 5.32 Å². The summed E-state index contributed by atoms with van der Waals surface area (Å²) in [5.41, 5.74) is 1.85. The minimum absolute atomic E-state index is 0.251. The van der Waals surface area contributed by atoms with Gasteiger partial charge in [0.15, 0.2) is 11.5 Å². The van der Waals surface area contributed by atoms with E-state index in [4.69, 9.17) is 5.26 Å². The van der Waals surface area contributed by atoms with Crippen molar-refractivity contribution in [2.45, 2.75) is 0 Å². The normalized spacial score (nSPS) is 10.2. The Labute approximate surface area is 123 Å². The van der Waals surface area contributed by atoms with Gasteiger partial charge in [0.1, 0.15) is 6.07 Å². The molecule has 0 atom stereocenters. The summed E-state index contributed by atoms with van der Waals surface area (Å²) < 4.78 is 0.916. The second kappa shape index (κ2) is 5.23. The quantitative estimate of drug-likeness (QED) is 0.781. The van der Waals surface area contributed by atoms with E-state index in [0.717, 1.165) is 21.1 Å². The Hall–Kier alpha value is -2.52. The molecule has 0 amide bonds. The van der Waals surface area contributed by atoms with Gasteiger partial charge < -0.3 is 5.32 Å². The highest BCUT2D eigenvalue weighted by Gasteiger charge is 2.08. The van der Waals surface area contributed by atoms with E-state index in [1.54, 1.807) is 12.4 Å². The summed E-state index contributed by atoms with van der Waals surface area (Å²) in [5.74, 6) is 0.423. The molecule has 0 fully saturated rings. The molecule has 0 aliphatic heterocycles. The van der Waals surface area contributed by atoms with Crippen molar-refractivity contribution in [1.29, 1.82) is 5.26 Å². The Morgan fingerprint density at radius 3 is 2.85 bits per heavy atom. The number of anilines is 2. The highest BCUT2D eigenvalue weighted by molar-refractivity contribution is 9.10. The first-order valence-corrected chi connectivity index (χ1v) is 6.59. The molecule has 2 aromatic heterocycles. The van der Waals surface area contributed by atoms with Crippen LogP contribution in [0.15, 0.2) is 47.3 Å². The SMILES string of the molecule is N#Cc1nccnc1Nc1cccc2cc(Br)cnc12. The zero-order valence-electron chi connectivity index (χ0n) is 10.2. The van der Waals surface area contributed by atoms with E-state index in [2.05, 4.69) is 36.2 Å². The van der Waals surface area contributed by atoms with Crippen molar-refractivity contribution in [3.05, 3.63) is 53.0 Å². The van der Waals surface area contributed by atoms with Gasteiger partial charge in [-0.05, 0) is 28.1 Å². The van der Waals surface area contributed by atoms with E-state index in [1.165, 1.54) is 6.20 Å². The molecule has 96 valence electrons. The van der Waals surface area contributed by atoms with E-state index in [0.29, 0.717) is 5.82 Å². The zero-order valence-corrected chi connectivity index (χ0v) is 11.8. The molecule has 1 aromatic carbocycles. The number of halogens is 1. The van der Waals surface area contributed by atoms with Gasteiger partial charge in [0.2, 0.25) is 0 Å². The molecule has 5 nitrogen and oxygen atoms in total. The van der Waals surface area contributed by atoms with E-state index in [-0.39, 0.29) is 5.69 Å². The van der Waals surface area contributed by atoms with Crippen LogP contribution in [0, 0.1) is 11.3 Å². The summed E-state index contributed by atoms with van der Waals surface area (Å²) in [5, 5.41) is 13.1. The van der Waals surface area contributed by atoms with Gasteiger partial charge in [-0.2, -0.15) is 5.26 Å². The Morgan fingerprint density at radius 2 is 2.00 bits per heavy atom. The molecule has 1 N–H and O–H groups in total. The fourth-order valence-corrected chi connectivity index (χ4v) is 2.22. The van der Waals surface area contributed by atoms with Gasteiger partial charge in [-0.1, -0.05) is 12.1 Å². The number of rotatable bonds is 2. The van der Waals surface area contributed by atoms with Crippen LogP contribution in [0.25, 0.3) is 10.9 Å². The van der Waals surface area contributed by atoms with Crippen LogP contribution in [0.2, 0.25) is 0 Å². The van der Waals surface area contributed by atoms with Gasteiger partial charge in [0, 0.05) is 28.4 Å². The molecule has 6 heteroatoms. The van der Waals surface area contributed by atoms with Crippen molar-refractivity contribution < 1.29 is 0 Å². The monoisotopic (exact) mass is 325 g/mol. The van der Waals surface area contributed by atoms with E-state index in [1.807, 2.05) is 30.3 Å². The predicted octanol–water partition coefficient (Wildman–Crippen LogP) is 3.40. The molecule has 3 aromatic rings. The molecular weight excluding hydrogens is 318 g/mol. The summed E-state index contributed by atoms with van der Waals surface area (Å²) in [4.78, 5) is 12.5. The third-order valence-electron chi connectivity index (χ3n) is 2.73. The lowest BCUT2D eigenvalue weighted by molar-refractivity contribution is 1.16. The van der Waals surface area contributed by atoms with Gasteiger partial charge in [-0.3, -0.25) is 4.98 Å². The first kappa shape index (κ1) is 12.5. The molecule has 0 unspecified atom stereocenters. The summed E-state index contributed by atoms with van der Waals surface area (Å²) in [6, 6.07) is 9.77. The molecule has 0 aliphatic rings. The number of fused-ring (bicyclic) bond motifs is 1. The standard InChI is InChI=1S/C14H8BrN5/c15-10-6-9-2-1-3-11(13(9)19-8-10)20-14-12(7-16)17-4-5-18-14/h1-6,8H,(H,18,20). The summed E-state index contributed by atoms with van der Waals surface area (Å²) >= 11 is 3.40. The van der Waals surface area contributed by atoms with Gasteiger partial charge in [0.05, 0.1) is 11.2 Å². The van der Waals surface area contributed by atoms with Crippen LogP contribution in [0.1, 0.15) is 5.69 Å². The molecule has 0 saturated carbocycles. The van der Waals surface area contributed by atoms with Crippen molar-refractivity contribution in [3.63, 3.8) is 0 Å². The lowest BCUT2D eigenvalue weighted by Gasteiger charge is -2.09. The number of hydrogen-bond acceptors (Lipinski definition) is 5. The minimum atomic E-state index is 0.251. The number of nitriles is 1. The third-order valence-corrected chi connectivity index (χ3v) is 3.17. The lowest BCUT2D eigenvalue weighted by Crippen LogP contribution is -1.99. The van der Waals surface area contributed by atoms with Crippen molar-refractivity contribution in [1.82, 2.24) is 15.0 Å². The van der Waals surface area contributed by atoms with Crippen LogP contribution in [0.3, 0.4) is 0 Å². The third kappa shape index (κ3) is 2.31. The molecule has 0 radical (unpaired) electrons. The highest BCUT2D eigenvalue weighted by atomic mass is 79.9. The Bertz CT molecular complexity index is 825. The summed E-state index contributed by atoms with van der Waals surface area (Å²) in [6.07, 6.45) is 4.76. The zero-order chi connectivity index (χ0) is 13.9. The molecule has 2 heterocycles. The maximum Gasteiger partial charge on any atom is 0.183 e. The van der Waals surface area contributed by atoms with Gasteiger partial charge in [-0.15, -0.1) is 0 Å². The molecule has 0 saturated heterocycles. The van der Waals surface area contributed by atoms with Gasteiger partial charge >= 0.3 is 0 Å². The fraction of sp³-hybridized carbons (Fsp3) is 0. The number of aromatic nitrogens is 3. The second-order valence-corrected chi connectivity index (χ2v) is 4.94. The summed E-state index contributed by atoms with van der Waals surface area (Å²) in [7, 11) is 0. The number of hydrogen-bond donors (Lipinski definition) is 1. The minimum Gasteiger partial charge on any atom is -0.336 e. The molecular formula is C14H8BrN5. The van der Waals surface area contributed by atoms with Gasteiger partial charge in [-0.25, -0.2) is 9.97 Å². The van der Waals surface area contributed by atoms with Crippen LogP contribution >= 0.6 is 15.9 Å². The number of nitrogens with one attached hydrogen (secondary N) is 1. The number of nitrogens with zero attached hydrogens (tertiary/aromatic N) is 4. The molecule has 3 rings (SSSR count). The van der Waals surface area contributed by atoms with Crippen LogP contribution in [0.4, 0.5) is 11.5 Å². The van der Waals surface area contributed by atoms with E-state index in [9.17, 15) is 0 Å².